The number of fused-ring (bicyclic) bond motifs is 1. The fourth-order valence-electron chi connectivity index (χ4n) is 2.27. The van der Waals surface area contributed by atoms with Crippen LogP contribution in [0, 0.1) is 0 Å². The molecule has 0 spiro atoms. The molecule has 0 aliphatic carbocycles. The number of rotatable bonds is 0. The zero-order chi connectivity index (χ0) is 8.93. The van der Waals surface area contributed by atoms with Crippen LogP contribution in [0.5, 0.6) is 0 Å². The number of nitrogens with zero attached hydrogens (tertiary/aromatic N) is 2. The van der Waals surface area contributed by atoms with E-state index in [0.717, 1.165) is 6.54 Å². The van der Waals surface area contributed by atoms with Crippen molar-refractivity contribution in [1.29, 1.82) is 0 Å². The second kappa shape index (κ2) is 4.64. The van der Waals surface area contributed by atoms with Gasteiger partial charge in [0.15, 0.2) is 0 Å². The molecule has 1 saturated heterocycles. The molecule has 0 N–H and O–H groups in total. The van der Waals surface area contributed by atoms with Crippen molar-refractivity contribution in [2.75, 3.05) is 19.6 Å². The summed E-state index contributed by atoms with van der Waals surface area (Å²) < 4.78 is 0. The van der Waals surface area contributed by atoms with Crippen LogP contribution >= 0.6 is 0 Å². The summed E-state index contributed by atoms with van der Waals surface area (Å²) in [6, 6.07) is 0. The Kier molecular flexibility index (Phi) is 3.22. The Morgan fingerprint density at radius 3 is 2.54 bits per heavy atom. The first-order chi connectivity index (χ1) is 6.47. The van der Waals surface area contributed by atoms with Gasteiger partial charge in [-0.25, -0.2) is 0 Å². The zero-order valence-corrected chi connectivity index (χ0v) is 8.47. The van der Waals surface area contributed by atoms with Crippen LogP contribution in [0.3, 0.4) is 0 Å². The lowest BCUT2D eigenvalue weighted by Gasteiger charge is -2.30. The van der Waals surface area contributed by atoms with Crippen LogP contribution < -0.4 is 0 Å². The molecule has 0 amide bonds. The van der Waals surface area contributed by atoms with E-state index in [1.807, 2.05) is 0 Å². The molecule has 0 aromatic carbocycles. The van der Waals surface area contributed by atoms with Crippen LogP contribution in [0.25, 0.3) is 0 Å². The predicted octanol–water partition coefficient (Wildman–Crippen LogP) is 2.44. The fraction of sp³-hybridized carbons (Fsp3) is 0.909. The number of piperidine rings is 1. The third-order valence-electron chi connectivity index (χ3n) is 3.07. The molecular weight excluding hydrogens is 160 g/mol. The summed E-state index contributed by atoms with van der Waals surface area (Å²) in [5.74, 6) is 1.41. The van der Waals surface area contributed by atoms with Crippen LogP contribution in [-0.4, -0.2) is 30.4 Å². The average Bonchev–Trinajstić information content (AvgIpc) is 2.28. The molecule has 0 aromatic heterocycles. The first kappa shape index (κ1) is 9.04. The molecule has 0 saturated carbocycles. The zero-order valence-electron chi connectivity index (χ0n) is 8.47. The van der Waals surface area contributed by atoms with Gasteiger partial charge in [0.2, 0.25) is 0 Å². The van der Waals surface area contributed by atoms with Crippen molar-refractivity contribution in [2.24, 2.45) is 4.99 Å². The summed E-state index contributed by atoms with van der Waals surface area (Å²) in [6.07, 6.45) is 9.43. The highest BCUT2D eigenvalue weighted by molar-refractivity contribution is 5.82. The summed E-state index contributed by atoms with van der Waals surface area (Å²) in [5.41, 5.74) is 0. The molecule has 1 fully saturated rings. The van der Waals surface area contributed by atoms with Crippen molar-refractivity contribution >= 4 is 5.84 Å². The Balaban J connectivity index is 1.99. The SMILES string of the molecule is C1CCCN2CCCC/C2=N/CC1. The molecule has 2 rings (SSSR count). The van der Waals surface area contributed by atoms with Crippen molar-refractivity contribution in [3.8, 4) is 0 Å². The van der Waals surface area contributed by atoms with Crippen LogP contribution in [0.2, 0.25) is 0 Å². The van der Waals surface area contributed by atoms with Crippen molar-refractivity contribution in [3.63, 3.8) is 0 Å². The minimum atomic E-state index is 1.08. The Labute approximate surface area is 81.0 Å². The summed E-state index contributed by atoms with van der Waals surface area (Å²) in [5, 5.41) is 0. The maximum atomic E-state index is 4.71. The highest BCUT2D eigenvalue weighted by Crippen LogP contribution is 2.15. The van der Waals surface area contributed by atoms with E-state index in [4.69, 9.17) is 4.99 Å². The monoisotopic (exact) mass is 180 g/mol. The van der Waals surface area contributed by atoms with E-state index in [0.29, 0.717) is 0 Å². The van der Waals surface area contributed by atoms with Crippen LogP contribution in [0.4, 0.5) is 0 Å². The first-order valence-corrected chi connectivity index (χ1v) is 5.75. The summed E-state index contributed by atoms with van der Waals surface area (Å²) in [6.45, 7) is 3.60. The topological polar surface area (TPSA) is 15.6 Å². The van der Waals surface area contributed by atoms with Gasteiger partial charge in [-0.05, 0) is 25.7 Å². The van der Waals surface area contributed by atoms with Gasteiger partial charge in [-0.1, -0.05) is 12.8 Å². The molecule has 2 heterocycles. The Morgan fingerprint density at radius 2 is 1.62 bits per heavy atom. The second-order valence-corrected chi connectivity index (χ2v) is 4.16. The molecule has 13 heavy (non-hydrogen) atoms. The fourth-order valence-corrected chi connectivity index (χ4v) is 2.27. The summed E-state index contributed by atoms with van der Waals surface area (Å²) in [4.78, 5) is 7.23. The molecular formula is C11H20N2. The van der Waals surface area contributed by atoms with Crippen LogP contribution in [-0.2, 0) is 0 Å². The number of amidine groups is 1. The van der Waals surface area contributed by atoms with Crippen molar-refractivity contribution in [1.82, 2.24) is 4.90 Å². The highest BCUT2D eigenvalue weighted by Gasteiger charge is 2.15. The minimum absolute atomic E-state index is 1.08. The smallest absolute Gasteiger partial charge is 0.0988 e. The van der Waals surface area contributed by atoms with Gasteiger partial charge in [-0.3, -0.25) is 4.99 Å². The van der Waals surface area contributed by atoms with Gasteiger partial charge in [0.25, 0.3) is 0 Å². The normalized spacial score (nSPS) is 29.2. The van der Waals surface area contributed by atoms with Crippen molar-refractivity contribution in [3.05, 3.63) is 0 Å². The molecule has 0 bridgehead atoms. The van der Waals surface area contributed by atoms with Gasteiger partial charge >= 0.3 is 0 Å². The Hall–Kier alpha value is -0.530. The molecule has 0 aromatic rings. The van der Waals surface area contributed by atoms with E-state index in [1.54, 1.807) is 0 Å². The van der Waals surface area contributed by atoms with E-state index in [2.05, 4.69) is 4.90 Å². The predicted molar refractivity (Wildman–Crippen MR) is 56.2 cm³/mol. The molecule has 2 heteroatoms. The van der Waals surface area contributed by atoms with E-state index in [-0.39, 0.29) is 0 Å². The summed E-state index contributed by atoms with van der Waals surface area (Å²) >= 11 is 0. The quantitative estimate of drug-likeness (QED) is 0.559. The van der Waals surface area contributed by atoms with Crippen molar-refractivity contribution < 1.29 is 0 Å². The lowest BCUT2D eigenvalue weighted by Crippen LogP contribution is -2.36. The van der Waals surface area contributed by atoms with E-state index in [1.165, 1.54) is 63.9 Å². The van der Waals surface area contributed by atoms with Gasteiger partial charge in [-0.15, -0.1) is 0 Å². The Bertz CT molecular complexity index is 187. The third kappa shape index (κ3) is 2.45. The minimum Gasteiger partial charge on any atom is -0.360 e. The number of hydrogen-bond acceptors (Lipinski definition) is 2. The van der Waals surface area contributed by atoms with Gasteiger partial charge in [0, 0.05) is 26.1 Å². The number of aliphatic imine (C=N–C) groups is 1. The standard InChI is InChI=1S/C11H20N2/c1-2-5-9-13-10-6-3-7-11(13)12-8-4-1/h1-10H2/b12-11-. The summed E-state index contributed by atoms with van der Waals surface area (Å²) in [7, 11) is 0. The average molecular weight is 180 g/mol. The van der Waals surface area contributed by atoms with Crippen LogP contribution in [0.1, 0.15) is 44.9 Å². The third-order valence-corrected chi connectivity index (χ3v) is 3.07. The number of hydrogen-bond donors (Lipinski definition) is 0. The molecule has 2 aliphatic rings. The molecule has 0 radical (unpaired) electrons. The van der Waals surface area contributed by atoms with E-state index >= 15 is 0 Å². The lowest BCUT2D eigenvalue weighted by atomic mass is 10.1. The molecule has 0 unspecified atom stereocenters. The van der Waals surface area contributed by atoms with E-state index < -0.39 is 0 Å². The van der Waals surface area contributed by atoms with Crippen LogP contribution in [0.15, 0.2) is 4.99 Å². The largest absolute Gasteiger partial charge is 0.360 e. The van der Waals surface area contributed by atoms with Gasteiger partial charge < -0.3 is 4.90 Å². The molecule has 74 valence electrons. The van der Waals surface area contributed by atoms with Gasteiger partial charge in [-0.2, -0.15) is 0 Å². The van der Waals surface area contributed by atoms with Crippen molar-refractivity contribution in [2.45, 2.75) is 44.9 Å². The van der Waals surface area contributed by atoms with Gasteiger partial charge in [0.1, 0.15) is 0 Å². The van der Waals surface area contributed by atoms with Gasteiger partial charge in [0.05, 0.1) is 5.84 Å². The highest BCUT2D eigenvalue weighted by atomic mass is 15.2. The first-order valence-electron chi connectivity index (χ1n) is 5.75. The second-order valence-electron chi connectivity index (χ2n) is 4.16. The maximum absolute atomic E-state index is 4.71. The Morgan fingerprint density at radius 1 is 0.846 bits per heavy atom. The molecule has 0 atom stereocenters. The molecule has 2 aliphatic heterocycles. The molecule has 2 nitrogen and oxygen atoms in total. The maximum Gasteiger partial charge on any atom is 0.0988 e. The lowest BCUT2D eigenvalue weighted by molar-refractivity contribution is 0.361. The van der Waals surface area contributed by atoms with E-state index in [9.17, 15) is 0 Å².